The van der Waals surface area contributed by atoms with Crippen LogP contribution in [0.2, 0.25) is 0 Å². The van der Waals surface area contributed by atoms with Gasteiger partial charge in [0.1, 0.15) is 11.3 Å². The van der Waals surface area contributed by atoms with Crippen molar-refractivity contribution in [3.63, 3.8) is 0 Å². The molecule has 7 nitrogen and oxygen atoms in total. The monoisotopic (exact) mass is 402 g/mol. The molecule has 1 heterocycles. The average molecular weight is 402 g/mol. The quantitative estimate of drug-likeness (QED) is 0.456. The van der Waals surface area contributed by atoms with Crippen LogP contribution in [0.1, 0.15) is 57.1 Å². The number of carboxylic acids is 1. The van der Waals surface area contributed by atoms with Crippen LogP contribution in [0.5, 0.6) is 5.75 Å². The molecule has 0 fully saturated rings. The zero-order valence-corrected chi connectivity index (χ0v) is 17.2. The van der Waals surface area contributed by atoms with Gasteiger partial charge >= 0.3 is 5.63 Å². The number of unbranched alkanes of at least 4 members (excludes halogenated alkanes) is 2. The van der Waals surface area contributed by atoms with Crippen LogP contribution in [-0.4, -0.2) is 24.5 Å². The summed E-state index contributed by atoms with van der Waals surface area (Å²) in [4.78, 5) is 34.6. The lowest BCUT2D eigenvalue weighted by Gasteiger charge is -2.18. The van der Waals surface area contributed by atoms with Crippen molar-refractivity contribution < 1.29 is 23.8 Å². The van der Waals surface area contributed by atoms with Crippen molar-refractivity contribution in [3.05, 3.63) is 39.7 Å². The first kappa shape index (κ1) is 22.5. The Hall–Kier alpha value is -2.83. The van der Waals surface area contributed by atoms with Gasteiger partial charge < -0.3 is 24.4 Å². The maximum Gasteiger partial charge on any atom is 0.336 e. The highest BCUT2D eigenvalue weighted by atomic mass is 16.5. The summed E-state index contributed by atoms with van der Waals surface area (Å²) in [6.07, 6.45) is 2.78. The SMILES string of the molecule is CCCc1cc(=O)oc2cc(C)cc(O[C@H](C)C(=O)NCCCCCC(=O)[O-])c12. The summed E-state index contributed by atoms with van der Waals surface area (Å²) in [5.74, 6) is -0.794. The summed E-state index contributed by atoms with van der Waals surface area (Å²) in [7, 11) is 0. The first-order valence-electron chi connectivity index (χ1n) is 10.0. The molecule has 0 spiro atoms. The number of carboxylic acid groups (broad SMARTS) is 1. The Morgan fingerprint density at radius 3 is 2.66 bits per heavy atom. The lowest BCUT2D eigenvalue weighted by atomic mass is 10.0. The van der Waals surface area contributed by atoms with Crippen LogP contribution in [-0.2, 0) is 16.0 Å². The number of hydrogen-bond acceptors (Lipinski definition) is 6. The van der Waals surface area contributed by atoms with Gasteiger partial charge in [-0.3, -0.25) is 4.79 Å². The minimum atomic E-state index is -1.06. The number of carbonyl (C=O) groups excluding carboxylic acids is 2. The number of amides is 1. The molecule has 0 aliphatic carbocycles. The molecule has 0 aliphatic heterocycles. The lowest BCUT2D eigenvalue weighted by molar-refractivity contribution is -0.305. The van der Waals surface area contributed by atoms with Crippen molar-refractivity contribution in [3.8, 4) is 5.75 Å². The highest BCUT2D eigenvalue weighted by Crippen LogP contribution is 2.31. The molecule has 1 aromatic carbocycles. The standard InChI is InChI=1S/C22H29NO6/c1-4-8-16-13-20(26)29-18-12-14(2)11-17(21(16)18)28-15(3)22(27)23-10-7-5-6-9-19(24)25/h11-13,15H,4-10H2,1-3H3,(H,23,27)(H,24,25)/p-1/t15-/m1/s1. The number of carbonyl (C=O) groups is 2. The Morgan fingerprint density at radius 1 is 1.21 bits per heavy atom. The van der Waals surface area contributed by atoms with Gasteiger partial charge in [0.25, 0.3) is 5.91 Å². The maximum absolute atomic E-state index is 12.4. The number of benzene rings is 1. The molecule has 1 atom stereocenters. The zero-order chi connectivity index (χ0) is 21.4. The molecule has 0 radical (unpaired) electrons. The fourth-order valence-corrected chi connectivity index (χ4v) is 3.20. The second-order valence-corrected chi connectivity index (χ2v) is 7.21. The van der Waals surface area contributed by atoms with Crippen LogP contribution < -0.4 is 20.8 Å². The molecule has 2 rings (SSSR count). The van der Waals surface area contributed by atoms with E-state index in [0.717, 1.165) is 22.9 Å². The third-order valence-electron chi connectivity index (χ3n) is 4.58. The molecule has 2 aromatic rings. The number of fused-ring (bicyclic) bond motifs is 1. The fourth-order valence-electron chi connectivity index (χ4n) is 3.20. The van der Waals surface area contributed by atoms with Gasteiger partial charge in [-0.25, -0.2) is 4.79 Å². The minimum Gasteiger partial charge on any atom is -0.550 e. The van der Waals surface area contributed by atoms with E-state index >= 15 is 0 Å². The second-order valence-electron chi connectivity index (χ2n) is 7.21. The molecule has 0 saturated heterocycles. The molecule has 7 heteroatoms. The molecule has 1 N–H and O–H groups in total. The minimum absolute atomic E-state index is 0.0319. The number of ether oxygens (including phenoxy) is 1. The van der Waals surface area contributed by atoms with Crippen LogP contribution in [0.3, 0.4) is 0 Å². The van der Waals surface area contributed by atoms with E-state index < -0.39 is 17.7 Å². The van der Waals surface area contributed by atoms with Gasteiger partial charge in [-0.1, -0.05) is 19.8 Å². The first-order chi connectivity index (χ1) is 13.8. The average Bonchev–Trinajstić information content (AvgIpc) is 2.63. The summed E-state index contributed by atoms with van der Waals surface area (Å²) < 4.78 is 11.3. The van der Waals surface area contributed by atoms with Crippen molar-refractivity contribution in [1.82, 2.24) is 5.32 Å². The van der Waals surface area contributed by atoms with Gasteiger partial charge in [-0.15, -0.1) is 0 Å². The van der Waals surface area contributed by atoms with Crippen molar-refractivity contribution in [2.75, 3.05) is 6.54 Å². The van der Waals surface area contributed by atoms with E-state index in [1.807, 2.05) is 19.9 Å². The van der Waals surface area contributed by atoms with E-state index in [-0.39, 0.29) is 12.3 Å². The second kappa shape index (κ2) is 10.6. The van der Waals surface area contributed by atoms with Gasteiger partial charge in [0, 0.05) is 18.6 Å². The normalized spacial score (nSPS) is 12.0. The molecule has 1 aromatic heterocycles. The van der Waals surface area contributed by atoms with Gasteiger partial charge in [0.2, 0.25) is 0 Å². The van der Waals surface area contributed by atoms with Gasteiger partial charge in [-0.05, 0) is 62.8 Å². The smallest absolute Gasteiger partial charge is 0.336 e. The predicted molar refractivity (Wildman–Crippen MR) is 108 cm³/mol. The van der Waals surface area contributed by atoms with E-state index in [1.54, 1.807) is 13.0 Å². The van der Waals surface area contributed by atoms with Crippen LogP contribution in [0, 0.1) is 6.92 Å². The van der Waals surface area contributed by atoms with E-state index in [1.165, 1.54) is 6.07 Å². The molecule has 158 valence electrons. The fraction of sp³-hybridized carbons (Fsp3) is 0.500. The maximum atomic E-state index is 12.4. The van der Waals surface area contributed by atoms with Crippen LogP contribution in [0.4, 0.5) is 0 Å². The highest BCUT2D eigenvalue weighted by Gasteiger charge is 2.18. The zero-order valence-electron chi connectivity index (χ0n) is 17.2. The summed E-state index contributed by atoms with van der Waals surface area (Å²) in [6.45, 7) is 6.01. The Morgan fingerprint density at radius 2 is 1.97 bits per heavy atom. The van der Waals surface area contributed by atoms with Crippen molar-refractivity contribution in [1.29, 1.82) is 0 Å². The first-order valence-corrected chi connectivity index (χ1v) is 10.0. The van der Waals surface area contributed by atoms with E-state index in [2.05, 4.69) is 5.32 Å². The molecule has 0 bridgehead atoms. The molecule has 0 aliphatic rings. The molecule has 0 saturated carbocycles. The van der Waals surface area contributed by atoms with Gasteiger partial charge in [-0.2, -0.15) is 0 Å². The van der Waals surface area contributed by atoms with Crippen LogP contribution in [0.25, 0.3) is 11.0 Å². The Kier molecular flexibility index (Phi) is 8.24. The summed E-state index contributed by atoms with van der Waals surface area (Å²) in [5, 5.41) is 13.9. The van der Waals surface area contributed by atoms with Crippen molar-refractivity contribution >= 4 is 22.8 Å². The van der Waals surface area contributed by atoms with E-state index in [4.69, 9.17) is 9.15 Å². The third-order valence-corrected chi connectivity index (χ3v) is 4.58. The lowest BCUT2D eigenvalue weighted by Crippen LogP contribution is -2.36. The topological polar surface area (TPSA) is 109 Å². The van der Waals surface area contributed by atoms with Gasteiger partial charge in [0.15, 0.2) is 6.10 Å². The predicted octanol–water partition coefficient (Wildman–Crippen LogP) is 2.25. The van der Waals surface area contributed by atoms with Crippen LogP contribution >= 0.6 is 0 Å². The number of aryl methyl sites for hydroxylation is 2. The summed E-state index contributed by atoms with van der Waals surface area (Å²) in [5.41, 5.74) is 1.76. The summed E-state index contributed by atoms with van der Waals surface area (Å²) >= 11 is 0. The Labute approximate surface area is 170 Å². The van der Waals surface area contributed by atoms with Crippen LogP contribution in [0.15, 0.2) is 27.4 Å². The van der Waals surface area contributed by atoms with Gasteiger partial charge in [0.05, 0.1) is 5.39 Å². The van der Waals surface area contributed by atoms with Crippen molar-refractivity contribution in [2.24, 2.45) is 0 Å². The largest absolute Gasteiger partial charge is 0.550 e. The Bertz CT molecular complexity index is 917. The van der Waals surface area contributed by atoms with E-state index in [0.29, 0.717) is 43.6 Å². The highest BCUT2D eigenvalue weighted by molar-refractivity contribution is 5.88. The van der Waals surface area contributed by atoms with Crippen molar-refractivity contribution in [2.45, 2.75) is 65.4 Å². The molecule has 0 unspecified atom stereocenters. The number of aliphatic carboxylic acids is 1. The molecular formula is C22H28NO6-. The van der Waals surface area contributed by atoms with E-state index in [9.17, 15) is 19.5 Å². The molecule has 29 heavy (non-hydrogen) atoms. The molecule has 1 amide bonds. The number of nitrogens with one attached hydrogen (secondary N) is 1. The third kappa shape index (κ3) is 6.62. The number of rotatable bonds is 11. The Balaban J connectivity index is 2.07. The number of hydrogen-bond donors (Lipinski definition) is 1. The summed E-state index contributed by atoms with van der Waals surface area (Å²) in [6, 6.07) is 5.11. The molecular weight excluding hydrogens is 374 g/mol.